The molecule has 3 atom stereocenters. The molecule has 146 valence electrons. The number of piperidine rings is 1. The Morgan fingerprint density at radius 1 is 1.12 bits per heavy atom. The highest BCUT2D eigenvalue weighted by molar-refractivity contribution is 5.81. The number of ether oxygens (including phenoxy) is 1. The zero-order chi connectivity index (χ0) is 17.8. The summed E-state index contributed by atoms with van der Waals surface area (Å²) in [6, 6.07) is 0.605. The quantitative estimate of drug-likeness (QED) is 0.834. The number of hydrogen-bond acceptors (Lipinski definition) is 3. The van der Waals surface area contributed by atoms with E-state index in [2.05, 4.69) is 17.1 Å². The first-order valence-corrected chi connectivity index (χ1v) is 11.3. The largest absolute Gasteiger partial charge is 0.368 e. The van der Waals surface area contributed by atoms with Crippen molar-refractivity contribution in [2.45, 2.75) is 95.2 Å². The van der Waals surface area contributed by atoms with E-state index in [4.69, 9.17) is 4.74 Å². The fourth-order valence-corrected chi connectivity index (χ4v) is 7.69. The van der Waals surface area contributed by atoms with Crippen molar-refractivity contribution in [1.82, 2.24) is 10.2 Å². The fourth-order valence-electron chi connectivity index (χ4n) is 7.69. The first kappa shape index (κ1) is 17.5. The molecule has 4 saturated carbocycles. The van der Waals surface area contributed by atoms with E-state index in [1.807, 2.05) is 0 Å². The number of nitrogens with one attached hydrogen (secondary N) is 1. The number of nitrogens with zero attached hydrogens (tertiary/aromatic N) is 1. The van der Waals surface area contributed by atoms with E-state index in [0.29, 0.717) is 17.0 Å². The lowest BCUT2D eigenvalue weighted by molar-refractivity contribution is -0.142. The van der Waals surface area contributed by atoms with Crippen molar-refractivity contribution in [3.63, 3.8) is 0 Å². The van der Waals surface area contributed by atoms with Gasteiger partial charge in [0, 0.05) is 31.3 Å². The molecule has 2 saturated heterocycles. The lowest BCUT2D eigenvalue weighted by Gasteiger charge is -2.63. The van der Waals surface area contributed by atoms with Crippen molar-refractivity contribution < 1.29 is 9.53 Å². The van der Waals surface area contributed by atoms with Gasteiger partial charge in [0.25, 0.3) is 5.91 Å². The Hall–Kier alpha value is -0.610. The van der Waals surface area contributed by atoms with E-state index in [-0.39, 0.29) is 12.0 Å². The van der Waals surface area contributed by atoms with Crippen molar-refractivity contribution in [3.05, 3.63) is 0 Å². The number of carbonyl (C=O) groups is 1. The second kappa shape index (κ2) is 6.48. The molecule has 0 aromatic heterocycles. The van der Waals surface area contributed by atoms with Gasteiger partial charge in [0.15, 0.2) is 0 Å². The van der Waals surface area contributed by atoms with Gasteiger partial charge in [0.05, 0.1) is 0 Å². The molecule has 6 rings (SSSR count). The highest BCUT2D eigenvalue weighted by Gasteiger charge is 2.57. The Bertz CT molecular complexity index is 534. The predicted octanol–water partition coefficient (Wildman–Crippen LogP) is 3.50. The molecular formula is C22H36N2O2. The van der Waals surface area contributed by atoms with Crippen molar-refractivity contribution in [2.75, 3.05) is 19.7 Å². The van der Waals surface area contributed by atoms with Gasteiger partial charge in [-0.15, -0.1) is 0 Å². The Labute approximate surface area is 158 Å². The van der Waals surface area contributed by atoms with Gasteiger partial charge in [0.1, 0.15) is 6.10 Å². The normalized spacial score (nSPS) is 45.4. The van der Waals surface area contributed by atoms with Crippen molar-refractivity contribution in [3.8, 4) is 0 Å². The van der Waals surface area contributed by atoms with Crippen LogP contribution in [-0.4, -0.2) is 48.2 Å². The summed E-state index contributed by atoms with van der Waals surface area (Å²) in [6.07, 6.45) is 14.2. The minimum atomic E-state index is -0.146. The van der Waals surface area contributed by atoms with Crippen LogP contribution in [0, 0.1) is 17.3 Å². The number of rotatable bonds is 4. The lowest BCUT2D eigenvalue weighted by atomic mass is 9.46. The third kappa shape index (κ3) is 3.01. The summed E-state index contributed by atoms with van der Waals surface area (Å²) in [7, 11) is 0. The van der Waals surface area contributed by atoms with Gasteiger partial charge in [-0.1, -0.05) is 13.3 Å². The number of likely N-dealkylation sites (tertiary alicyclic amines) is 1. The minimum absolute atomic E-state index is 0.146. The first-order valence-electron chi connectivity index (χ1n) is 11.3. The summed E-state index contributed by atoms with van der Waals surface area (Å²) >= 11 is 0. The minimum Gasteiger partial charge on any atom is -0.368 e. The van der Waals surface area contributed by atoms with Crippen molar-refractivity contribution in [1.29, 1.82) is 0 Å². The maximum atomic E-state index is 12.6. The third-order valence-electron chi connectivity index (χ3n) is 8.45. The molecule has 4 heteroatoms. The molecule has 6 aliphatic rings. The monoisotopic (exact) mass is 360 g/mol. The summed E-state index contributed by atoms with van der Waals surface area (Å²) < 4.78 is 5.60. The third-order valence-corrected chi connectivity index (χ3v) is 8.45. The number of carbonyl (C=O) groups excluding carboxylic acids is 1. The molecule has 4 bridgehead atoms. The maximum absolute atomic E-state index is 12.6. The molecule has 1 N–H and O–H groups in total. The zero-order valence-electron chi connectivity index (χ0n) is 16.5. The van der Waals surface area contributed by atoms with Gasteiger partial charge in [-0.25, -0.2) is 0 Å². The summed E-state index contributed by atoms with van der Waals surface area (Å²) in [6.45, 7) is 5.02. The average Bonchev–Trinajstić information content (AvgIpc) is 3.15. The molecular weight excluding hydrogens is 324 g/mol. The van der Waals surface area contributed by atoms with E-state index < -0.39 is 0 Å². The molecule has 1 amide bonds. The van der Waals surface area contributed by atoms with E-state index in [9.17, 15) is 4.79 Å². The topological polar surface area (TPSA) is 41.6 Å². The van der Waals surface area contributed by atoms with Crippen LogP contribution in [0.3, 0.4) is 0 Å². The Morgan fingerprint density at radius 2 is 1.85 bits per heavy atom. The SMILES string of the molecule is CCC12C[C@H]3C[C@H](C1)CC(NC1CCN(C(=O)[C@@H]4CCCO4)CC1)(C3)C2. The van der Waals surface area contributed by atoms with Crippen LogP contribution in [0.2, 0.25) is 0 Å². The predicted molar refractivity (Wildman–Crippen MR) is 102 cm³/mol. The molecule has 0 spiro atoms. The van der Waals surface area contributed by atoms with Gasteiger partial charge in [-0.2, -0.15) is 0 Å². The van der Waals surface area contributed by atoms with Crippen LogP contribution in [0.1, 0.15) is 77.6 Å². The van der Waals surface area contributed by atoms with Crippen molar-refractivity contribution in [2.24, 2.45) is 17.3 Å². The van der Waals surface area contributed by atoms with Crippen LogP contribution in [0.25, 0.3) is 0 Å². The molecule has 0 radical (unpaired) electrons. The molecule has 6 fully saturated rings. The summed E-state index contributed by atoms with van der Waals surface area (Å²) in [4.78, 5) is 14.6. The first-order chi connectivity index (χ1) is 12.6. The molecule has 4 nitrogen and oxygen atoms in total. The standard InChI is InChI=1S/C22H36N2O2/c1-2-21-11-16-10-17(12-21)14-22(13-16,15-21)23-18-5-7-24(8-6-18)20(25)19-4-3-9-26-19/h16-19,23H,2-15H2,1H3/t16-,17-,19+,21?,22?/m1/s1. The van der Waals surface area contributed by atoms with Crippen LogP contribution in [0.15, 0.2) is 0 Å². The highest BCUT2D eigenvalue weighted by Crippen LogP contribution is 2.62. The maximum Gasteiger partial charge on any atom is 0.251 e. The lowest BCUT2D eigenvalue weighted by Crippen LogP contribution is -2.64. The van der Waals surface area contributed by atoms with Crippen LogP contribution in [0.4, 0.5) is 0 Å². The Balaban J connectivity index is 1.20. The van der Waals surface area contributed by atoms with Crippen LogP contribution >= 0.6 is 0 Å². The van der Waals surface area contributed by atoms with E-state index >= 15 is 0 Å². The van der Waals surface area contributed by atoms with E-state index in [0.717, 1.165) is 57.2 Å². The molecule has 2 aliphatic heterocycles. The number of amides is 1. The summed E-state index contributed by atoms with van der Waals surface area (Å²) in [5.41, 5.74) is 1.07. The van der Waals surface area contributed by atoms with Gasteiger partial charge in [-0.05, 0) is 81.5 Å². The average molecular weight is 361 g/mol. The Kier molecular flexibility index (Phi) is 4.36. The summed E-state index contributed by atoms with van der Waals surface area (Å²) in [5, 5.41) is 4.18. The Morgan fingerprint density at radius 3 is 2.46 bits per heavy atom. The smallest absolute Gasteiger partial charge is 0.251 e. The van der Waals surface area contributed by atoms with Crippen LogP contribution in [-0.2, 0) is 9.53 Å². The van der Waals surface area contributed by atoms with E-state index in [1.54, 1.807) is 0 Å². The van der Waals surface area contributed by atoms with Gasteiger partial charge >= 0.3 is 0 Å². The van der Waals surface area contributed by atoms with E-state index in [1.165, 1.54) is 44.9 Å². The second-order valence-corrected chi connectivity index (χ2v) is 10.3. The summed E-state index contributed by atoms with van der Waals surface area (Å²) in [5.74, 6) is 2.20. The van der Waals surface area contributed by atoms with Gasteiger partial charge in [-0.3, -0.25) is 4.79 Å². The van der Waals surface area contributed by atoms with Crippen molar-refractivity contribution >= 4 is 5.91 Å². The molecule has 26 heavy (non-hydrogen) atoms. The molecule has 0 aromatic rings. The van der Waals surface area contributed by atoms with Crippen LogP contribution in [0.5, 0.6) is 0 Å². The fraction of sp³-hybridized carbons (Fsp3) is 0.955. The molecule has 4 aliphatic carbocycles. The number of hydrogen-bond donors (Lipinski definition) is 1. The second-order valence-electron chi connectivity index (χ2n) is 10.3. The molecule has 2 heterocycles. The molecule has 0 unspecified atom stereocenters. The van der Waals surface area contributed by atoms with Crippen LogP contribution < -0.4 is 5.32 Å². The van der Waals surface area contributed by atoms with Gasteiger partial charge < -0.3 is 15.0 Å². The van der Waals surface area contributed by atoms with Gasteiger partial charge in [0.2, 0.25) is 0 Å². The zero-order valence-corrected chi connectivity index (χ0v) is 16.5. The highest BCUT2D eigenvalue weighted by atomic mass is 16.5. The molecule has 0 aromatic carbocycles.